The van der Waals surface area contributed by atoms with Crippen LogP contribution in [-0.2, 0) is 14.2 Å². The fourth-order valence-electron chi connectivity index (χ4n) is 0.728. The van der Waals surface area contributed by atoms with E-state index in [1.807, 2.05) is 6.07 Å². The molecule has 0 heterocycles. The van der Waals surface area contributed by atoms with Crippen LogP contribution < -0.4 is 0 Å². The molecule has 0 N–H and O–H groups in total. The lowest BCUT2D eigenvalue weighted by Crippen LogP contribution is -2.11. The minimum atomic E-state index is -0.345. The minimum absolute atomic E-state index is 0.345. The highest BCUT2D eigenvalue weighted by atomic mass is 16.5. The summed E-state index contributed by atoms with van der Waals surface area (Å²) in [5, 5.41) is 8.38. The second-order valence-electron chi connectivity index (χ2n) is 2.60. The average Bonchev–Trinajstić information content (AvgIpc) is 2.16. The Balaban J connectivity index is 2.96. The van der Waals surface area contributed by atoms with Crippen LogP contribution in [0.25, 0.3) is 0 Å². The fourth-order valence-corrected chi connectivity index (χ4v) is 0.728. The highest BCUT2D eigenvalue weighted by molar-refractivity contribution is 4.78. The summed E-state index contributed by atoms with van der Waals surface area (Å²) in [4.78, 5) is 0. The van der Waals surface area contributed by atoms with Crippen molar-refractivity contribution in [1.29, 1.82) is 5.26 Å². The van der Waals surface area contributed by atoms with E-state index in [9.17, 15) is 0 Å². The summed E-state index contributed by atoms with van der Waals surface area (Å²) in [6.07, 6.45) is 0.548. The molecule has 13 heavy (non-hydrogen) atoms. The third-order valence-corrected chi connectivity index (χ3v) is 1.41. The van der Waals surface area contributed by atoms with E-state index in [-0.39, 0.29) is 6.10 Å². The summed E-state index contributed by atoms with van der Waals surface area (Å²) in [6.45, 7) is 4.12. The van der Waals surface area contributed by atoms with Crippen LogP contribution in [0.1, 0.15) is 13.3 Å². The van der Waals surface area contributed by atoms with Gasteiger partial charge >= 0.3 is 0 Å². The molecule has 0 saturated carbocycles. The first-order chi connectivity index (χ1) is 6.31. The Bertz CT molecular complexity index is 144. The standard InChI is InChI=1S/C9H17NO3/c1-9(8-10)13-7-6-12-5-3-4-11-2/h9H,3-7H2,1-2H3. The molecule has 0 aromatic carbocycles. The number of hydrogen-bond donors (Lipinski definition) is 0. The molecule has 1 unspecified atom stereocenters. The SMILES string of the molecule is COCCCOCCOC(C)C#N. The largest absolute Gasteiger partial charge is 0.385 e. The minimum Gasteiger partial charge on any atom is -0.385 e. The molecule has 0 aromatic rings. The van der Waals surface area contributed by atoms with E-state index in [1.54, 1.807) is 14.0 Å². The first kappa shape index (κ1) is 12.4. The second kappa shape index (κ2) is 9.46. The van der Waals surface area contributed by atoms with Crippen molar-refractivity contribution in [1.82, 2.24) is 0 Å². The van der Waals surface area contributed by atoms with Gasteiger partial charge in [0.05, 0.1) is 19.3 Å². The Morgan fingerprint density at radius 1 is 1.23 bits per heavy atom. The summed E-state index contributed by atoms with van der Waals surface area (Å²) < 4.78 is 15.1. The van der Waals surface area contributed by atoms with E-state index >= 15 is 0 Å². The Morgan fingerprint density at radius 2 is 2.00 bits per heavy atom. The topological polar surface area (TPSA) is 51.5 Å². The number of hydrogen-bond acceptors (Lipinski definition) is 4. The van der Waals surface area contributed by atoms with Crippen LogP contribution in [-0.4, -0.2) is 39.6 Å². The molecule has 1 atom stereocenters. The molecule has 0 radical (unpaired) electrons. The van der Waals surface area contributed by atoms with Crippen LogP contribution >= 0.6 is 0 Å². The maximum atomic E-state index is 8.38. The van der Waals surface area contributed by atoms with Gasteiger partial charge in [-0.25, -0.2) is 0 Å². The van der Waals surface area contributed by atoms with E-state index in [4.69, 9.17) is 19.5 Å². The highest BCUT2D eigenvalue weighted by Crippen LogP contribution is 1.88. The summed E-state index contributed by atoms with van der Waals surface area (Å²) in [6, 6.07) is 1.98. The number of ether oxygens (including phenoxy) is 3. The van der Waals surface area contributed by atoms with Gasteiger partial charge in [-0.05, 0) is 13.3 Å². The van der Waals surface area contributed by atoms with Gasteiger partial charge in [-0.3, -0.25) is 0 Å². The maximum absolute atomic E-state index is 8.38. The summed E-state index contributed by atoms with van der Waals surface area (Å²) in [5.41, 5.74) is 0. The quantitative estimate of drug-likeness (QED) is 0.531. The number of nitriles is 1. The molecular weight excluding hydrogens is 170 g/mol. The second-order valence-corrected chi connectivity index (χ2v) is 2.60. The van der Waals surface area contributed by atoms with Crippen molar-refractivity contribution >= 4 is 0 Å². The normalized spacial score (nSPS) is 12.4. The van der Waals surface area contributed by atoms with Gasteiger partial charge in [-0.15, -0.1) is 0 Å². The van der Waals surface area contributed by atoms with Crippen molar-refractivity contribution in [3.63, 3.8) is 0 Å². The lowest BCUT2D eigenvalue weighted by atomic mass is 10.5. The van der Waals surface area contributed by atoms with Crippen LogP contribution in [0.3, 0.4) is 0 Å². The number of rotatable bonds is 8. The number of nitrogens with zero attached hydrogens (tertiary/aromatic N) is 1. The molecule has 0 aliphatic carbocycles. The molecule has 0 fully saturated rings. The predicted octanol–water partition coefficient (Wildman–Crippen LogP) is 0.968. The van der Waals surface area contributed by atoms with Gasteiger partial charge in [0.15, 0.2) is 0 Å². The Kier molecular flexibility index (Phi) is 9.00. The van der Waals surface area contributed by atoms with Crippen molar-refractivity contribution < 1.29 is 14.2 Å². The monoisotopic (exact) mass is 187 g/mol. The van der Waals surface area contributed by atoms with Crippen molar-refractivity contribution in [3.8, 4) is 6.07 Å². The maximum Gasteiger partial charge on any atom is 0.141 e. The molecule has 0 amide bonds. The van der Waals surface area contributed by atoms with Crippen LogP contribution in [0.4, 0.5) is 0 Å². The molecular formula is C9H17NO3. The lowest BCUT2D eigenvalue weighted by molar-refractivity contribution is 0.0262. The third-order valence-electron chi connectivity index (χ3n) is 1.41. The van der Waals surface area contributed by atoms with E-state index < -0.39 is 0 Å². The van der Waals surface area contributed by atoms with Gasteiger partial charge in [0.1, 0.15) is 6.10 Å². The zero-order valence-corrected chi connectivity index (χ0v) is 8.28. The summed E-state index contributed by atoms with van der Waals surface area (Å²) in [5.74, 6) is 0. The molecule has 0 bridgehead atoms. The summed E-state index contributed by atoms with van der Waals surface area (Å²) >= 11 is 0. The van der Waals surface area contributed by atoms with Crippen molar-refractivity contribution in [2.24, 2.45) is 0 Å². The molecule has 4 heteroatoms. The first-order valence-electron chi connectivity index (χ1n) is 4.39. The smallest absolute Gasteiger partial charge is 0.141 e. The highest BCUT2D eigenvalue weighted by Gasteiger charge is 1.97. The molecule has 0 aromatic heterocycles. The van der Waals surface area contributed by atoms with Crippen LogP contribution in [0.2, 0.25) is 0 Å². The molecule has 4 nitrogen and oxygen atoms in total. The average molecular weight is 187 g/mol. The fraction of sp³-hybridized carbons (Fsp3) is 0.889. The Morgan fingerprint density at radius 3 is 2.62 bits per heavy atom. The van der Waals surface area contributed by atoms with Crippen molar-refractivity contribution in [2.75, 3.05) is 33.5 Å². The lowest BCUT2D eigenvalue weighted by Gasteiger charge is -2.06. The number of methoxy groups -OCH3 is 1. The zero-order chi connectivity index (χ0) is 9.94. The van der Waals surface area contributed by atoms with Gasteiger partial charge in [-0.1, -0.05) is 0 Å². The van der Waals surface area contributed by atoms with E-state index in [0.29, 0.717) is 19.8 Å². The van der Waals surface area contributed by atoms with Gasteiger partial charge in [0.25, 0.3) is 0 Å². The van der Waals surface area contributed by atoms with E-state index in [1.165, 1.54) is 0 Å². The van der Waals surface area contributed by atoms with Gasteiger partial charge < -0.3 is 14.2 Å². The molecule has 76 valence electrons. The zero-order valence-electron chi connectivity index (χ0n) is 8.28. The first-order valence-corrected chi connectivity index (χ1v) is 4.39. The molecule has 0 rings (SSSR count). The van der Waals surface area contributed by atoms with Crippen molar-refractivity contribution in [3.05, 3.63) is 0 Å². The third kappa shape index (κ3) is 9.28. The molecule has 0 aliphatic rings. The van der Waals surface area contributed by atoms with Gasteiger partial charge in [0, 0.05) is 20.3 Å². The van der Waals surface area contributed by atoms with Crippen molar-refractivity contribution in [2.45, 2.75) is 19.4 Å². The summed E-state index contributed by atoms with van der Waals surface area (Å²) in [7, 11) is 1.66. The van der Waals surface area contributed by atoms with E-state index in [0.717, 1.165) is 13.0 Å². The molecule has 0 aliphatic heterocycles. The Hall–Kier alpha value is -0.630. The van der Waals surface area contributed by atoms with Gasteiger partial charge in [-0.2, -0.15) is 5.26 Å². The predicted molar refractivity (Wildman–Crippen MR) is 48.3 cm³/mol. The van der Waals surface area contributed by atoms with Gasteiger partial charge in [0.2, 0.25) is 0 Å². The Labute approximate surface area is 79.4 Å². The van der Waals surface area contributed by atoms with Crippen LogP contribution in [0, 0.1) is 11.3 Å². The van der Waals surface area contributed by atoms with Crippen LogP contribution in [0.5, 0.6) is 0 Å². The van der Waals surface area contributed by atoms with Crippen LogP contribution in [0.15, 0.2) is 0 Å². The molecule has 0 saturated heterocycles. The van der Waals surface area contributed by atoms with E-state index in [2.05, 4.69) is 0 Å². The molecule has 0 spiro atoms.